The lowest BCUT2D eigenvalue weighted by Crippen LogP contribution is -2.47. The Kier molecular flexibility index (Phi) is 7.65. The van der Waals surface area contributed by atoms with E-state index in [-0.39, 0.29) is 43.1 Å². The van der Waals surface area contributed by atoms with Gasteiger partial charge in [0.05, 0.1) is 24.7 Å². The van der Waals surface area contributed by atoms with Gasteiger partial charge in [0, 0.05) is 32.5 Å². The molecule has 2 fully saturated rings. The summed E-state index contributed by atoms with van der Waals surface area (Å²) in [5.41, 5.74) is 1.06. The number of fused-ring (bicyclic) bond motifs is 1. The van der Waals surface area contributed by atoms with E-state index >= 15 is 0 Å². The Morgan fingerprint density at radius 1 is 1.02 bits per heavy atom. The van der Waals surface area contributed by atoms with Gasteiger partial charge in [-0.2, -0.15) is 0 Å². The number of aromatic nitrogens is 2. The van der Waals surface area contributed by atoms with E-state index in [1.165, 1.54) is 14.0 Å². The number of rotatable bonds is 7. The molecule has 1 unspecified atom stereocenters. The first-order valence-electron chi connectivity index (χ1n) is 13.8. The number of ether oxygens (including phenoxy) is 3. The summed E-state index contributed by atoms with van der Waals surface area (Å²) in [6, 6.07) is 11.2. The van der Waals surface area contributed by atoms with Crippen LogP contribution in [-0.4, -0.2) is 63.2 Å². The molecule has 1 aromatic heterocycles. The summed E-state index contributed by atoms with van der Waals surface area (Å²) in [6.07, 6.45) is 0.612. The van der Waals surface area contributed by atoms with Crippen LogP contribution in [0.15, 0.2) is 47.3 Å². The van der Waals surface area contributed by atoms with E-state index in [1.54, 1.807) is 44.5 Å². The molecule has 3 heterocycles. The molecular weight excluding hydrogens is 528 g/mol. The zero-order valence-electron chi connectivity index (χ0n) is 24.0. The lowest BCUT2D eigenvalue weighted by Gasteiger charge is -2.31. The number of aryl methyl sites for hydroxylation is 1. The van der Waals surface area contributed by atoms with Crippen molar-refractivity contribution in [1.82, 2.24) is 19.4 Å². The number of nitrogens with zero attached hydrogens (tertiary/aromatic N) is 3. The second kappa shape index (κ2) is 11.0. The minimum absolute atomic E-state index is 0.120. The molecule has 11 nitrogen and oxygen atoms in total. The second-order valence-corrected chi connectivity index (χ2v) is 11.6. The highest BCUT2D eigenvalue weighted by Crippen LogP contribution is 2.30. The summed E-state index contributed by atoms with van der Waals surface area (Å²) >= 11 is 0. The van der Waals surface area contributed by atoms with E-state index in [0.29, 0.717) is 35.5 Å². The van der Waals surface area contributed by atoms with Gasteiger partial charge in [-0.1, -0.05) is 12.1 Å². The van der Waals surface area contributed by atoms with Crippen LogP contribution < -0.4 is 20.5 Å². The van der Waals surface area contributed by atoms with Gasteiger partial charge in [0.25, 0.3) is 5.91 Å². The fourth-order valence-electron chi connectivity index (χ4n) is 5.40. The van der Waals surface area contributed by atoms with Gasteiger partial charge in [-0.15, -0.1) is 0 Å². The Hall–Kier alpha value is -4.12. The number of amides is 2. The van der Waals surface area contributed by atoms with Crippen LogP contribution in [0.25, 0.3) is 11.0 Å². The van der Waals surface area contributed by atoms with Gasteiger partial charge in [0.1, 0.15) is 35.3 Å². The molecule has 0 spiro atoms. The molecule has 2 amide bonds. The standard InChI is InChI=1S/C30H36N4O7/c1-30(2,3)41-28(37)22-14-21(16-31-22)40-20-10-11-23-25(15-20)32(4)29(38)34(23)24-12-13-26(35)33(27(24)36)17-18-6-8-19(39-5)9-7-18/h6-11,15,21-22,24,31H,12-14,16-17H2,1-5H3/t21-,22+,24?/m1/s1. The smallest absolute Gasteiger partial charge is 0.329 e. The molecule has 0 bridgehead atoms. The lowest BCUT2D eigenvalue weighted by atomic mass is 10.0. The van der Waals surface area contributed by atoms with Crippen LogP contribution in [0.1, 0.15) is 51.6 Å². The minimum atomic E-state index is -0.803. The van der Waals surface area contributed by atoms with Crippen LogP contribution in [-0.2, 0) is 32.7 Å². The van der Waals surface area contributed by atoms with Crippen molar-refractivity contribution in [3.63, 3.8) is 0 Å². The van der Waals surface area contributed by atoms with E-state index in [2.05, 4.69) is 5.32 Å². The fraction of sp³-hybridized carbons (Fsp3) is 0.467. The van der Waals surface area contributed by atoms with Crippen LogP contribution in [0, 0.1) is 0 Å². The van der Waals surface area contributed by atoms with Crippen molar-refractivity contribution in [2.75, 3.05) is 13.7 Å². The van der Waals surface area contributed by atoms with Crippen molar-refractivity contribution in [1.29, 1.82) is 0 Å². The molecule has 2 aromatic carbocycles. The van der Waals surface area contributed by atoms with E-state index in [1.807, 2.05) is 32.9 Å². The summed E-state index contributed by atoms with van der Waals surface area (Å²) < 4.78 is 19.8. The van der Waals surface area contributed by atoms with E-state index in [4.69, 9.17) is 14.2 Å². The van der Waals surface area contributed by atoms with Gasteiger partial charge in [-0.3, -0.25) is 28.4 Å². The molecule has 3 atom stereocenters. The summed E-state index contributed by atoms with van der Waals surface area (Å²) in [6.45, 7) is 6.09. The third-order valence-corrected chi connectivity index (χ3v) is 7.44. The molecule has 2 aliphatic heterocycles. The Labute approximate surface area is 238 Å². The number of esters is 1. The summed E-state index contributed by atoms with van der Waals surface area (Å²) in [4.78, 5) is 53.4. The highest BCUT2D eigenvalue weighted by molar-refractivity contribution is 6.00. The van der Waals surface area contributed by atoms with E-state index in [0.717, 1.165) is 5.56 Å². The highest BCUT2D eigenvalue weighted by atomic mass is 16.6. The Balaban J connectivity index is 1.34. The molecule has 2 aliphatic rings. The SMILES string of the molecule is COc1ccc(CN2C(=O)CCC(n3c(=O)n(C)c4cc(O[C@H]5CN[C@H](C(=O)OC(C)(C)C)C5)ccc43)C2=O)cc1. The molecule has 11 heteroatoms. The van der Waals surface area contributed by atoms with Crippen LogP contribution in [0.2, 0.25) is 0 Å². The maximum Gasteiger partial charge on any atom is 0.329 e. The fourth-order valence-corrected chi connectivity index (χ4v) is 5.40. The number of carbonyl (C=O) groups is 3. The van der Waals surface area contributed by atoms with Crippen molar-refractivity contribution in [3.8, 4) is 11.5 Å². The Morgan fingerprint density at radius 3 is 2.41 bits per heavy atom. The average Bonchev–Trinajstić information content (AvgIpc) is 3.49. The van der Waals surface area contributed by atoms with Gasteiger partial charge >= 0.3 is 11.7 Å². The molecule has 5 rings (SSSR count). The second-order valence-electron chi connectivity index (χ2n) is 11.6. The first-order chi connectivity index (χ1) is 19.4. The van der Waals surface area contributed by atoms with Gasteiger partial charge in [-0.25, -0.2) is 4.79 Å². The van der Waals surface area contributed by atoms with Crippen molar-refractivity contribution >= 4 is 28.8 Å². The first-order valence-corrected chi connectivity index (χ1v) is 13.8. The largest absolute Gasteiger partial charge is 0.497 e. The van der Waals surface area contributed by atoms with E-state index in [9.17, 15) is 19.2 Å². The van der Waals surface area contributed by atoms with Gasteiger partial charge < -0.3 is 19.5 Å². The molecule has 3 aromatic rings. The number of imide groups is 1. The average molecular weight is 565 g/mol. The number of likely N-dealkylation sites (tertiary alicyclic amines) is 1. The van der Waals surface area contributed by atoms with Gasteiger partial charge in [0.2, 0.25) is 5.91 Å². The molecule has 1 N–H and O–H groups in total. The molecule has 0 aliphatic carbocycles. The van der Waals surface area contributed by atoms with Crippen LogP contribution in [0.3, 0.4) is 0 Å². The molecular formula is C30H36N4O7. The van der Waals surface area contributed by atoms with Crippen molar-refractivity contribution < 1.29 is 28.6 Å². The van der Waals surface area contributed by atoms with Gasteiger partial charge in [0.15, 0.2) is 0 Å². The van der Waals surface area contributed by atoms with Gasteiger partial charge in [-0.05, 0) is 57.0 Å². The maximum atomic E-state index is 13.6. The lowest BCUT2D eigenvalue weighted by molar-refractivity contribution is -0.157. The van der Waals surface area contributed by atoms with Crippen LogP contribution >= 0.6 is 0 Å². The summed E-state index contributed by atoms with van der Waals surface area (Å²) in [5, 5.41) is 3.15. The molecule has 0 saturated carbocycles. The summed E-state index contributed by atoms with van der Waals surface area (Å²) in [7, 11) is 3.22. The molecule has 2 saturated heterocycles. The number of imidazole rings is 1. The molecule has 41 heavy (non-hydrogen) atoms. The van der Waals surface area contributed by atoms with Crippen molar-refractivity contribution in [2.45, 2.75) is 70.4 Å². The predicted molar refractivity (Wildman–Crippen MR) is 151 cm³/mol. The zero-order chi connectivity index (χ0) is 29.5. The third-order valence-electron chi connectivity index (χ3n) is 7.44. The quantitative estimate of drug-likeness (QED) is 0.344. The number of methoxy groups -OCH3 is 1. The number of nitrogens with one attached hydrogen (secondary N) is 1. The highest BCUT2D eigenvalue weighted by Gasteiger charge is 2.38. The zero-order valence-corrected chi connectivity index (χ0v) is 24.0. The number of hydrogen-bond acceptors (Lipinski definition) is 8. The van der Waals surface area contributed by atoms with Crippen molar-refractivity contribution in [2.24, 2.45) is 7.05 Å². The number of hydrogen-bond donors (Lipinski definition) is 1. The Morgan fingerprint density at radius 2 is 1.73 bits per heavy atom. The minimum Gasteiger partial charge on any atom is -0.497 e. The molecule has 0 radical (unpaired) electrons. The number of carbonyl (C=O) groups excluding carboxylic acids is 3. The van der Waals surface area contributed by atoms with E-state index < -0.39 is 23.6 Å². The first kappa shape index (κ1) is 28.4. The van der Waals surface area contributed by atoms with Crippen LogP contribution in [0.5, 0.6) is 11.5 Å². The predicted octanol–water partition coefficient (Wildman–Crippen LogP) is 2.69. The number of benzene rings is 2. The Bertz CT molecular complexity index is 1530. The molecule has 218 valence electrons. The third kappa shape index (κ3) is 5.85. The topological polar surface area (TPSA) is 121 Å². The monoisotopic (exact) mass is 564 g/mol. The van der Waals surface area contributed by atoms with Crippen LogP contribution in [0.4, 0.5) is 0 Å². The number of piperidine rings is 1. The maximum absolute atomic E-state index is 13.6. The van der Waals surface area contributed by atoms with Crippen molar-refractivity contribution in [3.05, 3.63) is 58.5 Å². The normalized spacial score (nSPS) is 21.4. The summed E-state index contributed by atoms with van der Waals surface area (Å²) in [5.74, 6) is 0.252.